The van der Waals surface area contributed by atoms with Crippen molar-refractivity contribution in [2.75, 3.05) is 7.11 Å². The van der Waals surface area contributed by atoms with Crippen LogP contribution in [0.1, 0.15) is 10.5 Å². The van der Waals surface area contributed by atoms with E-state index in [1.165, 1.54) is 6.20 Å². The summed E-state index contributed by atoms with van der Waals surface area (Å²) in [6.45, 7) is 0. The lowest BCUT2D eigenvalue weighted by molar-refractivity contribution is 0.0692. The largest absolute Gasteiger partial charge is 0.496 e. The number of aromatic amines is 1. The van der Waals surface area contributed by atoms with E-state index in [0.29, 0.717) is 11.3 Å². The van der Waals surface area contributed by atoms with Crippen LogP contribution in [0.15, 0.2) is 30.5 Å². The molecule has 18 heavy (non-hydrogen) atoms. The van der Waals surface area contributed by atoms with Crippen molar-refractivity contribution in [2.24, 2.45) is 0 Å². The first-order valence-corrected chi connectivity index (χ1v) is 5.39. The molecule has 0 radical (unpaired) electrons. The number of carboxylic acids is 1. The molecule has 0 aliphatic heterocycles. The maximum atomic E-state index is 11.1. The van der Waals surface area contributed by atoms with E-state index in [1.807, 2.05) is 18.2 Å². The quantitative estimate of drug-likeness (QED) is 0.723. The smallest absolute Gasteiger partial charge is 0.356 e. The fourth-order valence-corrected chi connectivity index (χ4v) is 2.18. The Bertz CT molecular complexity index is 761. The maximum Gasteiger partial charge on any atom is 0.356 e. The van der Waals surface area contributed by atoms with E-state index in [-0.39, 0.29) is 5.69 Å². The first-order chi connectivity index (χ1) is 8.72. The third kappa shape index (κ3) is 1.34. The number of ether oxygens (including phenoxy) is 1. The molecule has 2 heterocycles. The number of benzene rings is 1. The van der Waals surface area contributed by atoms with Crippen molar-refractivity contribution in [1.82, 2.24) is 9.97 Å². The van der Waals surface area contributed by atoms with Gasteiger partial charge in [0.15, 0.2) is 5.69 Å². The van der Waals surface area contributed by atoms with Crippen LogP contribution >= 0.6 is 0 Å². The Morgan fingerprint density at radius 2 is 2.22 bits per heavy atom. The number of nitrogens with one attached hydrogen (secondary N) is 1. The number of hydrogen-bond acceptors (Lipinski definition) is 3. The van der Waals surface area contributed by atoms with Gasteiger partial charge in [0.25, 0.3) is 0 Å². The number of pyridine rings is 1. The third-order valence-corrected chi connectivity index (χ3v) is 2.93. The Kier molecular flexibility index (Phi) is 2.19. The molecule has 5 heteroatoms. The van der Waals surface area contributed by atoms with Crippen molar-refractivity contribution in [3.05, 3.63) is 36.2 Å². The molecule has 0 aliphatic carbocycles. The van der Waals surface area contributed by atoms with Crippen LogP contribution in [0.4, 0.5) is 0 Å². The average molecular weight is 242 g/mol. The van der Waals surface area contributed by atoms with Crippen LogP contribution in [0.2, 0.25) is 0 Å². The van der Waals surface area contributed by atoms with Crippen molar-refractivity contribution < 1.29 is 14.6 Å². The molecule has 90 valence electrons. The van der Waals surface area contributed by atoms with E-state index in [0.717, 1.165) is 16.3 Å². The summed E-state index contributed by atoms with van der Waals surface area (Å²) in [5.41, 5.74) is 1.37. The molecule has 0 fully saturated rings. The number of H-pyrrole nitrogens is 1. The molecule has 1 aromatic carbocycles. The molecule has 0 spiro atoms. The molecule has 0 atom stereocenters. The van der Waals surface area contributed by atoms with E-state index < -0.39 is 5.97 Å². The number of carbonyl (C=O) groups is 1. The van der Waals surface area contributed by atoms with Gasteiger partial charge in [-0.3, -0.25) is 0 Å². The van der Waals surface area contributed by atoms with Crippen LogP contribution in [0.5, 0.6) is 5.75 Å². The van der Waals surface area contributed by atoms with Gasteiger partial charge in [-0.15, -0.1) is 0 Å². The Morgan fingerprint density at radius 1 is 1.39 bits per heavy atom. The van der Waals surface area contributed by atoms with E-state index in [2.05, 4.69) is 9.97 Å². The molecule has 0 bridgehead atoms. The van der Waals surface area contributed by atoms with Crippen LogP contribution in [0.3, 0.4) is 0 Å². The minimum atomic E-state index is -1.05. The second-order valence-corrected chi connectivity index (χ2v) is 3.90. The van der Waals surface area contributed by atoms with Crippen molar-refractivity contribution in [1.29, 1.82) is 0 Å². The summed E-state index contributed by atoms with van der Waals surface area (Å²) in [6.07, 6.45) is 1.49. The van der Waals surface area contributed by atoms with Gasteiger partial charge in [-0.05, 0) is 18.2 Å². The maximum absolute atomic E-state index is 11.1. The normalized spacial score (nSPS) is 10.9. The lowest BCUT2D eigenvalue weighted by Gasteiger charge is -2.01. The molecular formula is C13H10N2O3. The number of carboxylic acid groups (broad SMARTS) is 1. The van der Waals surface area contributed by atoms with Gasteiger partial charge in [-0.25, -0.2) is 9.78 Å². The number of rotatable bonds is 2. The van der Waals surface area contributed by atoms with Gasteiger partial charge < -0.3 is 14.8 Å². The zero-order valence-corrected chi connectivity index (χ0v) is 9.60. The summed E-state index contributed by atoms with van der Waals surface area (Å²) < 4.78 is 5.31. The molecule has 2 aromatic heterocycles. The molecule has 0 aliphatic rings. The topological polar surface area (TPSA) is 75.2 Å². The predicted molar refractivity (Wildman–Crippen MR) is 67.1 cm³/mol. The van der Waals surface area contributed by atoms with E-state index in [1.54, 1.807) is 13.2 Å². The molecular weight excluding hydrogens is 232 g/mol. The Labute approximate surface area is 102 Å². The van der Waals surface area contributed by atoms with Gasteiger partial charge in [0, 0.05) is 17.0 Å². The summed E-state index contributed by atoms with van der Waals surface area (Å²) in [7, 11) is 1.59. The molecule has 2 N–H and O–H groups in total. The van der Waals surface area contributed by atoms with Gasteiger partial charge in [0.1, 0.15) is 5.75 Å². The summed E-state index contributed by atoms with van der Waals surface area (Å²) in [5, 5.41) is 10.8. The van der Waals surface area contributed by atoms with Gasteiger partial charge in [0.05, 0.1) is 18.1 Å². The van der Waals surface area contributed by atoms with Gasteiger partial charge in [-0.1, -0.05) is 6.07 Å². The number of fused-ring (bicyclic) bond motifs is 3. The number of hydrogen-bond donors (Lipinski definition) is 2. The zero-order valence-electron chi connectivity index (χ0n) is 9.60. The Balaban J connectivity index is 2.52. The fourth-order valence-electron chi connectivity index (χ4n) is 2.18. The number of aromatic nitrogens is 2. The van der Waals surface area contributed by atoms with Gasteiger partial charge in [0.2, 0.25) is 0 Å². The Hall–Kier alpha value is -2.56. The molecule has 5 nitrogen and oxygen atoms in total. The third-order valence-electron chi connectivity index (χ3n) is 2.93. The minimum Gasteiger partial charge on any atom is -0.496 e. The highest BCUT2D eigenvalue weighted by Gasteiger charge is 2.15. The lowest BCUT2D eigenvalue weighted by Crippen LogP contribution is -2.00. The van der Waals surface area contributed by atoms with Crippen LogP contribution in [0, 0.1) is 0 Å². The van der Waals surface area contributed by atoms with Crippen LogP contribution in [-0.2, 0) is 0 Å². The Morgan fingerprint density at radius 3 is 2.94 bits per heavy atom. The monoisotopic (exact) mass is 242 g/mol. The minimum absolute atomic E-state index is 0.0192. The fraction of sp³-hybridized carbons (Fsp3) is 0.0769. The van der Waals surface area contributed by atoms with E-state index in [9.17, 15) is 4.79 Å². The van der Waals surface area contributed by atoms with Crippen LogP contribution in [0.25, 0.3) is 21.8 Å². The van der Waals surface area contributed by atoms with Crippen molar-refractivity contribution >= 4 is 27.8 Å². The summed E-state index contributed by atoms with van der Waals surface area (Å²) in [6, 6.07) is 7.35. The lowest BCUT2D eigenvalue weighted by atomic mass is 10.1. The highest BCUT2D eigenvalue weighted by molar-refractivity contribution is 6.14. The number of methoxy groups -OCH3 is 1. The van der Waals surface area contributed by atoms with Crippen molar-refractivity contribution in [3.63, 3.8) is 0 Å². The number of aromatic carboxylic acids is 1. The first kappa shape index (κ1) is 10.6. The molecule has 0 saturated carbocycles. The highest BCUT2D eigenvalue weighted by atomic mass is 16.5. The van der Waals surface area contributed by atoms with Crippen molar-refractivity contribution in [3.8, 4) is 5.75 Å². The SMILES string of the molecule is COc1cccc2[nH]c3c(C(=O)O)nccc3c12. The molecule has 0 saturated heterocycles. The molecule has 0 amide bonds. The standard InChI is InChI=1S/C13H10N2O3/c1-18-9-4-2-3-8-10(9)7-5-6-14-12(13(16)17)11(7)15-8/h2-6,15H,1H3,(H,16,17). The van der Waals surface area contributed by atoms with Gasteiger partial charge >= 0.3 is 5.97 Å². The summed E-state index contributed by atoms with van der Waals surface area (Å²) in [5.74, 6) is -0.340. The van der Waals surface area contributed by atoms with E-state index >= 15 is 0 Å². The second-order valence-electron chi connectivity index (χ2n) is 3.90. The highest BCUT2D eigenvalue weighted by Crippen LogP contribution is 2.33. The van der Waals surface area contributed by atoms with Crippen LogP contribution < -0.4 is 4.74 Å². The van der Waals surface area contributed by atoms with E-state index in [4.69, 9.17) is 9.84 Å². The first-order valence-electron chi connectivity index (χ1n) is 5.39. The molecule has 3 aromatic rings. The summed E-state index contributed by atoms with van der Waals surface area (Å²) in [4.78, 5) is 18.1. The summed E-state index contributed by atoms with van der Waals surface area (Å²) >= 11 is 0. The van der Waals surface area contributed by atoms with Crippen LogP contribution in [-0.4, -0.2) is 28.2 Å². The average Bonchev–Trinajstić information content (AvgIpc) is 2.76. The van der Waals surface area contributed by atoms with Crippen molar-refractivity contribution in [2.45, 2.75) is 0 Å². The molecule has 0 unspecified atom stereocenters. The number of nitrogens with zero attached hydrogens (tertiary/aromatic N) is 1. The second kappa shape index (κ2) is 3.73. The van der Waals surface area contributed by atoms with Gasteiger partial charge in [-0.2, -0.15) is 0 Å². The zero-order chi connectivity index (χ0) is 12.7. The molecule has 3 rings (SSSR count). The predicted octanol–water partition coefficient (Wildman–Crippen LogP) is 2.42.